The van der Waals surface area contributed by atoms with Crippen molar-refractivity contribution in [2.45, 2.75) is 18.9 Å². The minimum Gasteiger partial charge on any atom is -0.261 e. The van der Waals surface area contributed by atoms with Crippen molar-refractivity contribution >= 4 is 23.6 Å². The van der Waals surface area contributed by atoms with E-state index < -0.39 is 8.07 Å². The predicted octanol–water partition coefficient (Wildman–Crippen LogP) is 4.18. The lowest BCUT2D eigenvalue weighted by atomic mass is 10.2. The molecule has 4 aromatic rings. The first-order valence-electron chi connectivity index (χ1n) is 9.96. The lowest BCUT2D eigenvalue weighted by Crippen LogP contribution is -2.66. The van der Waals surface area contributed by atoms with E-state index in [1.165, 1.54) is 27.3 Å². The maximum atomic E-state index is 4.53. The molecule has 0 N–H and O–H groups in total. The average Bonchev–Trinajstić information content (AvgIpc) is 2.79. The van der Waals surface area contributed by atoms with Crippen molar-refractivity contribution in [2.24, 2.45) is 0 Å². The van der Waals surface area contributed by atoms with Gasteiger partial charge in [0.15, 0.2) is 0 Å². The first kappa shape index (κ1) is 18.4. The Morgan fingerprint density at radius 2 is 1.00 bits per heavy atom. The Labute approximate surface area is 168 Å². The monoisotopic (exact) mass is 379 g/mol. The third-order valence-corrected chi connectivity index (χ3v) is 10.6. The number of aryl methyl sites for hydroxylation is 1. The van der Waals surface area contributed by atoms with Gasteiger partial charge in [-0.1, -0.05) is 97.1 Å². The van der Waals surface area contributed by atoms with Gasteiger partial charge in [0.05, 0.1) is 0 Å². The van der Waals surface area contributed by atoms with Crippen LogP contribution in [0.4, 0.5) is 0 Å². The molecule has 0 aliphatic carbocycles. The first-order chi connectivity index (χ1) is 13.9. The zero-order valence-corrected chi connectivity index (χ0v) is 17.0. The maximum absolute atomic E-state index is 4.53. The number of benzene rings is 3. The van der Waals surface area contributed by atoms with Gasteiger partial charge in [0, 0.05) is 11.9 Å². The fourth-order valence-electron chi connectivity index (χ4n) is 4.18. The van der Waals surface area contributed by atoms with Crippen LogP contribution in [0.1, 0.15) is 12.1 Å². The molecule has 4 rings (SSSR count). The highest BCUT2D eigenvalue weighted by Gasteiger charge is 2.38. The predicted molar refractivity (Wildman–Crippen MR) is 121 cm³/mol. The largest absolute Gasteiger partial charge is 0.261 e. The molecule has 0 aliphatic heterocycles. The Morgan fingerprint density at radius 3 is 1.43 bits per heavy atom. The van der Waals surface area contributed by atoms with Crippen LogP contribution < -0.4 is 15.6 Å². The summed E-state index contributed by atoms with van der Waals surface area (Å²) in [5.74, 6) is 0. The Bertz CT molecular complexity index is 873. The first-order valence-corrected chi connectivity index (χ1v) is 12.2. The molecular weight excluding hydrogens is 354 g/mol. The fourth-order valence-corrected chi connectivity index (χ4v) is 9.04. The van der Waals surface area contributed by atoms with Crippen molar-refractivity contribution in [3.8, 4) is 0 Å². The molecule has 28 heavy (non-hydrogen) atoms. The summed E-state index contributed by atoms with van der Waals surface area (Å²) in [6.07, 6.45) is 4.04. The second kappa shape index (κ2) is 8.81. The van der Waals surface area contributed by atoms with E-state index >= 15 is 0 Å². The van der Waals surface area contributed by atoms with E-state index in [0.717, 1.165) is 12.8 Å². The van der Waals surface area contributed by atoms with Crippen LogP contribution in [0.2, 0.25) is 6.04 Å². The van der Waals surface area contributed by atoms with Crippen molar-refractivity contribution in [3.05, 3.63) is 121 Å². The second-order valence-electron chi connectivity index (χ2n) is 7.18. The van der Waals surface area contributed by atoms with E-state index in [1.807, 2.05) is 12.3 Å². The number of hydrogen-bond acceptors (Lipinski definition) is 1. The fraction of sp³-hybridized carbons (Fsp3) is 0.115. The van der Waals surface area contributed by atoms with Gasteiger partial charge < -0.3 is 0 Å². The van der Waals surface area contributed by atoms with Crippen LogP contribution in [-0.2, 0) is 6.42 Å². The molecule has 0 saturated heterocycles. The summed E-state index contributed by atoms with van der Waals surface area (Å²) in [7, 11) is -2.11. The molecule has 0 atom stereocenters. The average molecular weight is 380 g/mol. The smallest absolute Gasteiger partial charge is 0.148 e. The van der Waals surface area contributed by atoms with Crippen LogP contribution in [-0.4, -0.2) is 13.1 Å². The van der Waals surface area contributed by atoms with E-state index in [9.17, 15) is 0 Å². The molecule has 2 heteroatoms. The standard InChI is InChI=1S/C26H25NSi/c1-4-15-24(16-5-1)28(25-17-6-2-7-18-25,26-19-8-3-9-20-26)22-12-14-23-13-10-11-21-27-23/h1-11,13,15-21H,12,14,22H2. The highest BCUT2D eigenvalue weighted by Crippen LogP contribution is 2.17. The zero-order valence-electron chi connectivity index (χ0n) is 16.0. The highest BCUT2D eigenvalue weighted by atomic mass is 28.3. The molecule has 0 amide bonds. The number of pyridine rings is 1. The Kier molecular flexibility index (Phi) is 5.79. The summed E-state index contributed by atoms with van der Waals surface area (Å²) in [5.41, 5.74) is 1.18. The van der Waals surface area contributed by atoms with Gasteiger partial charge in [-0.3, -0.25) is 4.98 Å². The molecule has 1 heterocycles. The molecular formula is C26H25NSi. The summed E-state index contributed by atoms with van der Waals surface area (Å²) >= 11 is 0. The Balaban J connectivity index is 1.79. The van der Waals surface area contributed by atoms with Crippen LogP contribution in [0.3, 0.4) is 0 Å². The van der Waals surface area contributed by atoms with Gasteiger partial charge in [0.25, 0.3) is 0 Å². The topological polar surface area (TPSA) is 12.9 Å². The van der Waals surface area contributed by atoms with Gasteiger partial charge in [0.2, 0.25) is 0 Å². The van der Waals surface area contributed by atoms with Crippen molar-refractivity contribution in [1.82, 2.24) is 4.98 Å². The summed E-state index contributed by atoms with van der Waals surface area (Å²) in [6, 6.07) is 40.8. The van der Waals surface area contributed by atoms with Crippen LogP contribution in [0, 0.1) is 0 Å². The van der Waals surface area contributed by atoms with Crippen LogP contribution in [0.25, 0.3) is 0 Å². The molecule has 138 valence electrons. The quantitative estimate of drug-likeness (QED) is 0.347. The van der Waals surface area contributed by atoms with Crippen molar-refractivity contribution < 1.29 is 0 Å². The molecule has 0 saturated carbocycles. The second-order valence-corrected chi connectivity index (χ2v) is 11.2. The lowest BCUT2D eigenvalue weighted by molar-refractivity contribution is 0.872. The SMILES string of the molecule is c1ccc([Si](CCCc2ccccn2)(c2ccccc2)c2ccccc2)cc1. The maximum Gasteiger partial charge on any atom is 0.148 e. The van der Waals surface area contributed by atoms with Gasteiger partial charge in [-0.05, 0) is 46.6 Å². The lowest BCUT2D eigenvalue weighted by Gasteiger charge is -2.34. The molecule has 3 aromatic carbocycles. The Hall–Kier alpha value is -2.97. The number of hydrogen-bond donors (Lipinski definition) is 0. The zero-order chi connectivity index (χ0) is 19.1. The molecule has 0 aliphatic rings. The third-order valence-electron chi connectivity index (χ3n) is 5.51. The van der Waals surface area contributed by atoms with Gasteiger partial charge in [0.1, 0.15) is 8.07 Å². The number of nitrogens with zero attached hydrogens (tertiary/aromatic N) is 1. The summed E-state index contributed by atoms with van der Waals surface area (Å²) in [6.45, 7) is 0. The number of rotatable bonds is 7. The molecule has 0 radical (unpaired) electrons. The molecule has 1 aromatic heterocycles. The van der Waals surface area contributed by atoms with E-state index in [4.69, 9.17) is 0 Å². The van der Waals surface area contributed by atoms with Crippen LogP contribution in [0.15, 0.2) is 115 Å². The normalized spacial score (nSPS) is 11.3. The van der Waals surface area contributed by atoms with Crippen LogP contribution in [0.5, 0.6) is 0 Å². The van der Waals surface area contributed by atoms with E-state index in [0.29, 0.717) is 0 Å². The molecule has 0 spiro atoms. The third kappa shape index (κ3) is 3.83. The van der Waals surface area contributed by atoms with Crippen molar-refractivity contribution in [1.29, 1.82) is 0 Å². The van der Waals surface area contributed by atoms with Gasteiger partial charge in [-0.15, -0.1) is 0 Å². The van der Waals surface area contributed by atoms with E-state index in [1.54, 1.807) is 0 Å². The molecule has 0 fully saturated rings. The molecule has 0 unspecified atom stereocenters. The van der Waals surface area contributed by atoms with Gasteiger partial charge >= 0.3 is 0 Å². The van der Waals surface area contributed by atoms with E-state index in [2.05, 4.69) is 108 Å². The summed E-state index contributed by atoms with van der Waals surface area (Å²) < 4.78 is 0. The highest BCUT2D eigenvalue weighted by molar-refractivity contribution is 7.11. The van der Waals surface area contributed by atoms with Crippen molar-refractivity contribution in [2.75, 3.05) is 0 Å². The number of aromatic nitrogens is 1. The Morgan fingerprint density at radius 1 is 0.536 bits per heavy atom. The van der Waals surface area contributed by atoms with Crippen LogP contribution >= 0.6 is 0 Å². The van der Waals surface area contributed by atoms with Gasteiger partial charge in [-0.25, -0.2) is 0 Å². The minimum atomic E-state index is -2.11. The minimum absolute atomic E-state index is 1.02. The molecule has 0 bridgehead atoms. The van der Waals surface area contributed by atoms with E-state index in [-0.39, 0.29) is 0 Å². The summed E-state index contributed by atoms with van der Waals surface area (Å²) in [4.78, 5) is 4.53. The summed E-state index contributed by atoms with van der Waals surface area (Å²) in [5, 5.41) is 4.44. The molecule has 1 nitrogen and oxygen atoms in total. The van der Waals surface area contributed by atoms with Crippen molar-refractivity contribution in [3.63, 3.8) is 0 Å². The van der Waals surface area contributed by atoms with Gasteiger partial charge in [-0.2, -0.15) is 0 Å².